The molecule has 0 saturated carbocycles. The van der Waals surface area contributed by atoms with Crippen molar-refractivity contribution in [3.8, 4) is 0 Å². The Balaban J connectivity index is 1.94. The van der Waals surface area contributed by atoms with Gasteiger partial charge >= 0.3 is 6.18 Å². The van der Waals surface area contributed by atoms with Crippen molar-refractivity contribution in [2.24, 2.45) is 5.10 Å². The molecule has 2 aromatic rings. The third-order valence-electron chi connectivity index (χ3n) is 2.67. The van der Waals surface area contributed by atoms with Crippen LogP contribution in [0.25, 0.3) is 0 Å². The zero-order chi connectivity index (χ0) is 17.0. The van der Waals surface area contributed by atoms with Crippen LogP contribution in [0, 0.1) is 0 Å². The Kier molecular flexibility index (Phi) is 5.58. The van der Waals surface area contributed by atoms with Crippen molar-refractivity contribution >= 4 is 39.4 Å². The van der Waals surface area contributed by atoms with Gasteiger partial charge in [0.25, 0.3) is 5.91 Å². The molecule has 2 aromatic heterocycles. The number of aromatic nitrogens is 2. The maximum absolute atomic E-state index is 12.2. The molecule has 0 bridgehead atoms. The first-order chi connectivity index (χ1) is 10.8. The molecule has 0 saturated heterocycles. The van der Waals surface area contributed by atoms with Crippen molar-refractivity contribution in [2.45, 2.75) is 26.1 Å². The number of carbonyl (C=O) groups is 1. The van der Waals surface area contributed by atoms with Crippen LogP contribution in [0.1, 0.15) is 27.2 Å². The number of aryl methyl sites for hydroxylation is 1. The molecule has 1 N–H and O–H groups in total. The van der Waals surface area contributed by atoms with Gasteiger partial charge < -0.3 is 0 Å². The first-order valence-electron chi connectivity index (χ1n) is 6.50. The Morgan fingerprint density at radius 2 is 2.30 bits per heavy atom. The van der Waals surface area contributed by atoms with Crippen LogP contribution >= 0.6 is 27.3 Å². The van der Waals surface area contributed by atoms with Gasteiger partial charge in [-0.05, 0) is 34.5 Å². The number of nitrogens with one attached hydrogen (secondary N) is 1. The molecule has 0 unspecified atom stereocenters. The van der Waals surface area contributed by atoms with Crippen LogP contribution in [0.3, 0.4) is 0 Å². The van der Waals surface area contributed by atoms with Crippen LogP contribution in [0.15, 0.2) is 27.9 Å². The Morgan fingerprint density at radius 1 is 1.57 bits per heavy atom. The molecular formula is C13H12BrF3N4OS. The Labute approximate surface area is 142 Å². The lowest BCUT2D eigenvalue weighted by Crippen LogP contribution is -2.18. The van der Waals surface area contributed by atoms with E-state index in [0.717, 1.165) is 20.5 Å². The lowest BCUT2D eigenvalue weighted by Gasteiger charge is -2.04. The standard InChI is InChI=1S/C13H12BrF3N4OS/c1-2-10-9(14)5-11(23-10)12(22)19-18-6-8-3-4-21(20-8)7-13(15,16)17/h3-6H,2,7H2,1H3,(H,19,22). The maximum atomic E-state index is 12.2. The fourth-order valence-corrected chi connectivity index (χ4v) is 3.47. The average molecular weight is 409 g/mol. The molecule has 124 valence electrons. The van der Waals surface area contributed by atoms with E-state index in [0.29, 0.717) is 4.88 Å². The fraction of sp³-hybridized carbons (Fsp3) is 0.308. The van der Waals surface area contributed by atoms with Crippen LogP contribution < -0.4 is 5.43 Å². The topological polar surface area (TPSA) is 59.3 Å². The van der Waals surface area contributed by atoms with Crippen molar-refractivity contribution in [3.05, 3.63) is 38.3 Å². The van der Waals surface area contributed by atoms with Gasteiger partial charge in [0.05, 0.1) is 11.1 Å². The molecule has 5 nitrogen and oxygen atoms in total. The van der Waals surface area contributed by atoms with Crippen molar-refractivity contribution in [2.75, 3.05) is 0 Å². The minimum absolute atomic E-state index is 0.219. The lowest BCUT2D eigenvalue weighted by molar-refractivity contribution is -0.142. The summed E-state index contributed by atoms with van der Waals surface area (Å²) in [4.78, 5) is 13.4. The highest BCUT2D eigenvalue weighted by Crippen LogP contribution is 2.27. The molecule has 0 aliphatic rings. The highest BCUT2D eigenvalue weighted by molar-refractivity contribution is 9.10. The molecular weight excluding hydrogens is 397 g/mol. The van der Waals surface area contributed by atoms with Gasteiger partial charge in [-0.1, -0.05) is 6.92 Å². The lowest BCUT2D eigenvalue weighted by atomic mass is 10.3. The molecule has 2 rings (SSSR count). The molecule has 0 fully saturated rings. The number of hydrogen-bond donors (Lipinski definition) is 1. The maximum Gasteiger partial charge on any atom is 0.408 e. The molecule has 0 aliphatic heterocycles. The summed E-state index contributed by atoms with van der Waals surface area (Å²) in [5.74, 6) is -0.388. The largest absolute Gasteiger partial charge is 0.408 e. The summed E-state index contributed by atoms with van der Waals surface area (Å²) < 4.78 is 38.2. The van der Waals surface area contributed by atoms with E-state index < -0.39 is 12.7 Å². The van der Waals surface area contributed by atoms with E-state index in [4.69, 9.17) is 0 Å². The SMILES string of the molecule is CCc1sc(C(=O)NN=Cc2ccn(CC(F)(F)F)n2)cc1Br. The van der Waals surface area contributed by atoms with Crippen LogP contribution in [0.4, 0.5) is 13.2 Å². The van der Waals surface area contributed by atoms with E-state index in [2.05, 4.69) is 31.6 Å². The number of halogens is 4. The van der Waals surface area contributed by atoms with Gasteiger partial charge in [-0.2, -0.15) is 23.4 Å². The summed E-state index contributed by atoms with van der Waals surface area (Å²) in [5, 5.41) is 7.39. The predicted octanol–water partition coefficient (Wildman–Crippen LogP) is 3.60. The van der Waals surface area contributed by atoms with Gasteiger partial charge in [0.1, 0.15) is 12.2 Å². The second-order valence-electron chi connectivity index (χ2n) is 4.49. The van der Waals surface area contributed by atoms with Gasteiger partial charge in [-0.15, -0.1) is 11.3 Å². The Morgan fingerprint density at radius 3 is 2.91 bits per heavy atom. The second-order valence-corrected chi connectivity index (χ2v) is 6.48. The molecule has 0 aliphatic carbocycles. The summed E-state index contributed by atoms with van der Waals surface area (Å²) in [5.41, 5.74) is 2.54. The van der Waals surface area contributed by atoms with Crippen molar-refractivity contribution in [1.29, 1.82) is 0 Å². The number of rotatable bonds is 5. The Hall–Kier alpha value is -1.68. The number of hydrogen-bond acceptors (Lipinski definition) is 4. The van der Waals surface area contributed by atoms with Crippen LogP contribution in [-0.4, -0.2) is 28.1 Å². The van der Waals surface area contributed by atoms with Crippen molar-refractivity contribution < 1.29 is 18.0 Å². The molecule has 2 heterocycles. The molecule has 0 aromatic carbocycles. The number of nitrogens with zero attached hydrogens (tertiary/aromatic N) is 3. The van der Waals surface area contributed by atoms with Gasteiger partial charge in [-0.3, -0.25) is 9.48 Å². The second kappa shape index (κ2) is 7.26. The highest BCUT2D eigenvalue weighted by atomic mass is 79.9. The van der Waals surface area contributed by atoms with Gasteiger partial charge in [-0.25, -0.2) is 5.43 Å². The zero-order valence-electron chi connectivity index (χ0n) is 11.9. The zero-order valence-corrected chi connectivity index (χ0v) is 14.3. The van der Waals surface area contributed by atoms with Gasteiger partial charge in [0.15, 0.2) is 0 Å². The van der Waals surface area contributed by atoms with E-state index in [-0.39, 0.29) is 11.6 Å². The number of alkyl halides is 3. The van der Waals surface area contributed by atoms with E-state index >= 15 is 0 Å². The normalized spacial score (nSPS) is 12.0. The van der Waals surface area contributed by atoms with Crippen molar-refractivity contribution in [3.63, 3.8) is 0 Å². The molecule has 10 heteroatoms. The molecule has 0 atom stereocenters. The van der Waals surface area contributed by atoms with Crippen molar-refractivity contribution in [1.82, 2.24) is 15.2 Å². The van der Waals surface area contributed by atoms with E-state index in [1.54, 1.807) is 6.07 Å². The molecule has 0 spiro atoms. The predicted molar refractivity (Wildman–Crippen MR) is 84.7 cm³/mol. The first-order valence-corrected chi connectivity index (χ1v) is 8.11. The van der Waals surface area contributed by atoms with Gasteiger partial charge in [0, 0.05) is 15.5 Å². The van der Waals surface area contributed by atoms with E-state index in [9.17, 15) is 18.0 Å². The average Bonchev–Trinajstić information content (AvgIpc) is 3.03. The fourth-order valence-electron chi connectivity index (χ4n) is 1.69. The minimum Gasteiger partial charge on any atom is -0.266 e. The van der Waals surface area contributed by atoms with Gasteiger partial charge in [0.2, 0.25) is 0 Å². The summed E-state index contributed by atoms with van der Waals surface area (Å²) in [6, 6.07) is 3.07. The monoisotopic (exact) mass is 408 g/mol. The molecule has 1 amide bonds. The van der Waals surface area contributed by atoms with E-state index in [1.807, 2.05) is 6.92 Å². The van der Waals surface area contributed by atoms with E-state index in [1.165, 1.54) is 29.8 Å². The first kappa shape index (κ1) is 17.7. The van der Waals surface area contributed by atoms with Crippen LogP contribution in [0.2, 0.25) is 0 Å². The minimum atomic E-state index is -4.34. The number of thiophene rings is 1. The quantitative estimate of drug-likeness (QED) is 0.606. The summed E-state index contributed by atoms with van der Waals surface area (Å²) in [7, 11) is 0. The highest BCUT2D eigenvalue weighted by Gasteiger charge is 2.28. The summed E-state index contributed by atoms with van der Waals surface area (Å²) in [6.07, 6.45) is -1.15. The summed E-state index contributed by atoms with van der Waals surface area (Å²) in [6.45, 7) is 0.809. The van der Waals surface area contributed by atoms with Crippen LogP contribution in [0.5, 0.6) is 0 Å². The number of hydrazone groups is 1. The molecule has 23 heavy (non-hydrogen) atoms. The number of amides is 1. The molecule has 0 radical (unpaired) electrons. The van der Waals surface area contributed by atoms with Crippen LogP contribution in [-0.2, 0) is 13.0 Å². The number of carbonyl (C=O) groups excluding carboxylic acids is 1. The smallest absolute Gasteiger partial charge is 0.266 e. The summed E-state index contributed by atoms with van der Waals surface area (Å²) >= 11 is 4.71. The third kappa shape index (κ3) is 5.17. The third-order valence-corrected chi connectivity index (χ3v) is 4.92. The Bertz CT molecular complexity index is 723.